The highest BCUT2D eigenvalue weighted by atomic mass is 32.2. The Hall–Kier alpha value is -2.73. The molecule has 24 heavy (non-hydrogen) atoms. The molecule has 0 fully saturated rings. The molecule has 2 aromatic rings. The minimum Gasteiger partial charge on any atom is -0.339 e. The zero-order valence-electron chi connectivity index (χ0n) is 13.3. The molecule has 1 heterocycles. The van der Waals surface area contributed by atoms with Gasteiger partial charge in [0.1, 0.15) is 10.7 Å². The third-order valence-corrected chi connectivity index (χ3v) is 5.21. The van der Waals surface area contributed by atoms with Gasteiger partial charge in [0.2, 0.25) is 0 Å². The Morgan fingerprint density at radius 1 is 1.04 bits per heavy atom. The standard InChI is InChI=1S/C18H16N2O3S/c1-12-17(14-7-4-3-5-8-14)24(22,23)20-18(12)19-16-10-6-9-15(11-16)13(2)21/h3-11H,1-2H3,(H,19,20). The average Bonchev–Trinajstić information content (AvgIpc) is 2.77. The predicted octanol–water partition coefficient (Wildman–Crippen LogP) is 3.47. The van der Waals surface area contributed by atoms with Crippen LogP contribution in [0.15, 0.2) is 64.6 Å². The lowest BCUT2D eigenvalue weighted by atomic mass is 10.1. The van der Waals surface area contributed by atoms with Crippen LogP contribution in [0.25, 0.3) is 4.91 Å². The summed E-state index contributed by atoms with van der Waals surface area (Å²) in [5.41, 5.74) is 2.32. The van der Waals surface area contributed by atoms with Gasteiger partial charge >= 0.3 is 0 Å². The second-order valence-electron chi connectivity index (χ2n) is 5.50. The van der Waals surface area contributed by atoms with Gasteiger partial charge in [-0.15, -0.1) is 4.40 Å². The number of ketones is 1. The summed E-state index contributed by atoms with van der Waals surface area (Å²) in [5.74, 6) is 0.214. The molecule has 2 aromatic carbocycles. The van der Waals surface area contributed by atoms with E-state index >= 15 is 0 Å². The van der Waals surface area contributed by atoms with E-state index in [0.29, 0.717) is 22.4 Å². The highest BCUT2D eigenvalue weighted by Gasteiger charge is 2.30. The van der Waals surface area contributed by atoms with Crippen molar-refractivity contribution in [3.05, 3.63) is 71.3 Å². The van der Waals surface area contributed by atoms with Crippen LogP contribution in [0.3, 0.4) is 0 Å². The normalized spacial score (nSPS) is 16.0. The van der Waals surface area contributed by atoms with E-state index in [1.54, 1.807) is 55.5 Å². The van der Waals surface area contributed by atoms with Crippen molar-refractivity contribution < 1.29 is 13.2 Å². The monoisotopic (exact) mass is 340 g/mol. The number of hydrogen-bond donors (Lipinski definition) is 1. The van der Waals surface area contributed by atoms with Gasteiger partial charge in [0.05, 0.1) is 0 Å². The van der Waals surface area contributed by atoms with Gasteiger partial charge in [-0.05, 0) is 31.5 Å². The largest absolute Gasteiger partial charge is 0.339 e. The van der Waals surface area contributed by atoms with E-state index < -0.39 is 10.0 Å². The summed E-state index contributed by atoms with van der Waals surface area (Å²) in [5, 5.41) is 3.00. The number of amidine groups is 1. The number of carbonyl (C=O) groups is 1. The molecule has 1 N–H and O–H groups in total. The number of anilines is 1. The van der Waals surface area contributed by atoms with Gasteiger partial charge in [-0.25, -0.2) is 0 Å². The first-order valence-electron chi connectivity index (χ1n) is 7.38. The maximum absolute atomic E-state index is 12.4. The highest BCUT2D eigenvalue weighted by molar-refractivity contribution is 8.00. The summed E-state index contributed by atoms with van der Waals surface area (Å²) in [7, 11) is -3.75. The van der Waals surface area contributed by atoms with Crippen LogP contribution in [0, 0.1) is 0 Å². The van der Waals surface area contributed by atoms with Gasteiger partial charge in [-0.2, -0.15) is 8.42 Å². The second-order valence-corrected chi connectivity index (χ2v) is 7.04. The first-order valence-corrected chi connectivity index (χ1v) is 8.82. The van der Waals surface area contributed by atoms with E-state index in [2.05, 4.69) is 9.71 Å². The van der Waals surface area contributed by atoms with Crippen LogP contribution in [0.2, 0.25) is 0 Å². The minimum atomic E-state index is -3.75. The molecule has 0 saturated heterocycles. The SMILES string of the molecule is CC(=O)c1cccc(NC2=NS(=O)(=O)C(c3ccccc3)=C2C)c1. The molecular formula is C18H16N2O3S. The van der Waals surface area contributed by atoms with E-state index in [9.17, 15) is 13.2 Å². The fourth-order valence-electron chi connectivity index (χ4n) is 2.56. The van der Waals surface area contributed by atoms with Crippen molar-refractivity contribution in [2.24, 2.45) is 4.40 Å². The molecule has 0 saturated carbocycles. The number of hydrogen-bond acceptors (Lipinski definition) is 4. The summed E-state index contributed by atoms with van der Waals surface area (Å²) in [4.78, 5) is 11.7. The Balaban J connectivity index is 2.00. The van der Waals surface area contributed by atoms with Gasteiger partial charge < -0.3 is 5.32 Å². The molecule has 0 radical (unpaired) electrons. The number of Topliss-reactive ketones (excluding diaryl/α,β-unsaturated/α-hetero) is 1. The van der Waals surface area contributed by atoms with Crippen molar-refractivity contribution in [3.63, 3.8) is 0 Å². The summed E-state index contributed by atoms with van der Waals surface area (Å²) >= 11 is 0. The molecule has 122 valence electrons. The van der Waals surface area contributed by atoms with E-state index in [0.717, 1.165) is 0 Å². The van der Waals surface area contributed by atoms with E-state index in [1.165, 1.54) is 6.92 Å². The molecule has 0 spiro atoms. The molecule has 0 bridgehead atoms. The van der Waals surface area contributed by atoms with Crippen molar-refractivity contribution >= 4 is 32.2 Å². The topological polar surface area (TPSA) is 75.6 Å². The van der Waals surface area contributed by atoms with Crippen LogP contribution in [-0.4, -0.2) is 20.0 Å². The van der Waals surface area contributed by atoms with E-state index in [-0.39, 0.29) is 16.5 Å². The molecule has 1 aliphatic rings. The smallest absolute Gasteiger partial charge is 0.285 e. The van der Waals surface area contributed by atoms with Crippen LogP contribution in [0.4, 0.5) is 5.69 Å². The maximum Gasteiger partial charge on any atom is 0.285 e. The predicted molar refractivity (Wildman–Crippen MR) is 95.5 cm³/mol. The zero-order valence-corrected chi connectivity index (χ0v) is 14.1. The van der Waals surface area contributed by atoms with E-state index in [1.807, 2.05) is 6.07 Å². The number of rotatable bonds is 3. The second kappa shape index (κ2) is 6.05. The molecule has 0 amide bonds. The van der Waals surface area contributed by atoms with Crippen molar-refractivity contribution in [3.8, 4) is 0 Å². The lowest BCUT2D eigenvalue weighted by Crippen LogP contribution is -2.11. The molecule has 0 unspecified atom stereocenters. The molecule has 6 heteroatoms. The molecule has 1 aliphatic heterocycles. The Morgan fingerprint density at radius 3 is 2.42 bits per heavy atom. The first kappa shape index (κ1) is 16.1. The lowest BCUT2D eigenvalue weighted by Gasteiger charge is -2.08. The maximum atomic E-state index is 12.4. The summed E-state index contributed by atoms with van der Waals surface area (Å²) < 4.78 is 28.7. The Bertz CT molecular complexity index is 974. The summed E-state index contributed by atoms with van der Waals surface area (Å²) in [6.45, 7) is 3.20. The Labute approximate surface area is 140 Å². The van der Waals surface area contributed by atoms with Gasteiger partial charge in [-0.3, -0.25) is 4.79 Å². The minimum absolute atomic E-state index is 0.0585. The highest BCUT2D eigenvalue weighted by Crippen LogP contribution is 2.32. The molecule has 3 rings (SSSR count). The average molecular weight is 340 g/mol. The number of nitrogens with one attached hydrogen (secondary N) is 1. The molecular weight excluding hydrogens is 324 g/mol. The van der Waals surface area contributed by atoms with Crippen molar-refractivity contribution in [2.75, 3.05) is 5.32 Å². The van der Waals surface area contributed by atoms with Crippen LogP contribution in [0.1, 0.15) is 29.8 Å². The van der Waals surface area contributed by atoms with Crippen molar-refractivity contribution in [2.45, 2.75) is 13.8 Å². The quantitative estimate of drug-likeness (QED) is 0.868. The Morgan fingerprint density at radius 2 is 1.75 bits per heavy atom. The first-order chi connectivity index (χ1) is 11.4. The number of nitrogens with zero attached hydrogens (tertiary/aromatic N) is 1. The van der Waals surface area contributed by atoms with Crippen LogP contribution < -0.4 is 5.32 Å². The van der Waals surface area contributed by atoms with Gasteiger partial charge in [0, 0.05) is 16.8 Å². The zero-order chi connectivity index (χ0) is 17.3. The van der Waals surface area contributed by atoms with E-state index in [4.69, 9.17) is 0 Å². The Kier molecular flexibility index (Phi) is 4.07. The summed E-state index contributed by atoms with van der Waals surface area (Å²) in [6.07, 6.45) is 0. The van der Waals surface area contributed by atoms with Gasteiger partial charge in [-0.1, -0.05) is 42.5 Å². The fraction of sp³-hybridized carbons (Fsp3) is 0.111. The lowest BCUT2D eigenvalue weighted by molar-refractivity contribution is 0.101. The third-order valence-electron chi connectivity index (χ3n) is 3.73. The van der Waals surface area contributed by atoms with Crippen LogP contribution in [-0.2, 0) is 10.0 Å². The molecule has 0 aliphatic carbocycles. The van der Waals surface area contributed by atoms with Crippen LogP contribution >= 0.6 is 0 Å². The van der Waals surface area contributed by atoms with Gasteiger partial charge in [0.15, 0.2) is 5.78 Å². The number of sulfonamides is 1. The number of carbonyl (C=O) groups excluding carboxylic acids is 1. The number of benzene rings is 2. The van der Waals surface area contributed by atoms with Gasteiger partial charge in [0.25, 0.3) is 10.0 Å². The molecule has 0 aromatic heterocycles. The third kappa shape index (κ3) is 3.00. The molecule has 5 nitrogen and oxygen atoms in total. The van der Waals surface area contributed by atoms with Crippen molar-refractivity contribution in [1.82, 2.24) is 0 Å². The van der Waals surface area contributed by atoms with Crippen molar-refractivity contribution in [1.29, 1.82) is 0 Å². The fourth-order valence-corrected chi connectivity index (χ4v) is 3.99. The molecule has 0 atom stereocenters. The van der Waals surface area contributed by atoms with Crippen LogP contribution in [0.5, 0.6) is 0 Å². The summed E-state index contributed by atoms with van der Waals surface area (Å²) in [6, 6.07) is 15.8.